The summed E-state index contributed by atoms with van der Waals surface area (Å²) in [4.78, 5) is 32.7. The van der Waals surface area contributed by atoms with Gasteiger partial charge in [0.15, 0.2) is 15.4 Å². The van der Waals surface area contributed by atoms with Gasteiger partial charge in [0.05, 0.1) is 28.1 Å². The highest BCUT2D eigenvalue weighted by atomic mass is 32.2. The van der Waals surface area contributed by atoms with Crippen LogP contribution in [0.4, 0.5) is 0 Å². The molecule has 1 saturated carbocycles. The summed E-state index contributed by atoms with van der Waals surface area (Å²) in [6, 6.07) is 17.9. The predicted octanol–water partition coefficient (Wildman–Crippen LogP) is 3.48. The molecule has 0 N–H and O–H groups in total. The third kappa shape index (κ3) is 3.46. The van der Waals surface area contributed by atoms with E-state index in [0.29, 0.717) is 30.8 Å². The van der Waals surface area contributed by atoms with Crippen LogP contribution >= 0.6 is 0 Å². The predicted molar refractivity (Wildman–Crippen MR) is 128 cm³/mol. The number of pyridine rings is 1. The smallest absolute Gasteiger partial charge is 0.339 e. The Bertz CT molecular complexity index is 1460. The van der Waals surface area contributed by atoms with Crippen LogP contribution in [-0.4, -0.2) is 49.5 Å². The van der Waals surface area contributed by atoms with E-state index in [9.17, 15) is 18.0 Å². The molecule has 1 amide bonds. The Morgan fingerprint density at radius 1 is 1.00 bits per heavy atom. The fourth-order valence-electron chi connectivity index (χ4n) is 5.38. The van der Waals surface area contributed by atoms with Crippen LogP contribution in [0, 0.1) is 0 Å². The van der Waals surface area contributed by atoms with E-state index >= 15 is 0 Å². The first-order valence-electron chi connectivity index (χ1n) is 11.6. The van der Waals surface area contributed by atoms with E-state index < -0.39 is 20.9 Å². The Balaban J connectivity index is 1.22. The molecule has 2 aromatic carbocycles. The molecule has 3 aromatic rings. The Morgan fingerprint density at radius 2 is 1.74 bits per heavy atom. The second kappa shape index (κ2) is 7.49. The summed E-state index contributed by atoms with van der Waals surface area (Å²) in [5.74, 6) is -0.262. The molecule has 1 atom stereocenters. The first-order chi connectivity index (χ1) is 16.7. The molecule has 3 heterocycles. The minimum Gasteiger partial charge on any atom is -0.449 e. The topological polar surface area (TPSA) is 93.6 Å². The quantitative estimate of drug-likeness (QED) is 0.522. The molecule has 35 heavy (non-hydrogen) atoms. The van der Waals surface area contributed by atoms with Crippen molar-refractivity contribution >= 4 is 21.7 Å². The van der Waals surface area contributed by atoms with Crippen molar-refractivity contribution in [1.29, 1.82) is 0 Å². The van der Waals surface area contributed by atoms with E-state index in [1.807, 2.05) is 35.2 Å². The fourth-order valence-corrected chi connectivity index (χ4v) is 6.01. The molecule has 1 saturated heterocycles. The highest BCUT2D eigenvalue weighted by Gasteiger charge is 2.57. The monoisotopic (exact) mass is 488 g/mol. The summed E-state index contributed by atoms with van der Waals surface area (Å²) >= 11 is 0. The number of ether oxygens (including phenoxy) is 1. The molecule has 0 radical (unpaired) electrons. The lowest BCUT2D eigenvalue weighted by molar-refractivity contribution is -0.134. The molecule has 2 aliphatic heterocycles. The van der Waals surface area contributed by atoms with Gasteiger partial charge in [0.25, 0.3) is 0 Å². The van der Waals surface area contributed by atoms with Crippen LogP contribution in [0.15, 0.2) is 71.8 Å². The number of carbonyl (C=O) groups excluding carboxylic acids is 2. The molecular weight excluding hydrogens is 464 g/mol. The molecule has 1 aromatic heterocycles. The lowest BCUT2D eigenvalue weighted by atomic mass is 9.91. The molecule has 1 unspecified atom stereocenters. The molecule has 6 rings (SSSR count). The number of nitrogens with zero attached hydrogens (tertiary/aromatic N) is 2. The number of likely N-dealkylation sites (tertiary alicyclic amines) is 1. The zero-order valence-corrected chi connectivity index (χ0v) is 20.0. The molecule has 1 aliphatic carbocycles. The first kappa shape index (κ1) is 22.0. The van der Waals surface area contributed by atoms with Crippen LogP contribution < -0.4 is 0 Å². The van der Waals surface area contributed by atoms with Gasteiger partial charge in [0, 0.05) is 36.5 Å². The summed E-state index contributed by atoms with van der Waals surface area (Å²) in [6.45, 7) is 0.912. The SMILES string of the molecule is CS(=O)(=O)c1ccc(-c2ccc(C3(C(=O)N4CCC5(C4)OC(=O)c4ccccc45)CC3)cn2)cc1. The van der Waals surface area contributed by atoms with Crippen LogP contribution in [0.5, 0.6) is 0 Å². The number of aromatic nitrogens is 1. The van der Waals surface area contributed by atoms with Crippen molar-refractivity contribution in [2.24, 2.45) is 0 Å². The summed E-state index contributed by atoms with van der Waals surface area (Å²) in [5, 5.41) is 0. The van der Waals surface area contributed by atoms with Crippen molar-refractivity contribution in [1.82, 2.24) is 9.88 Å². The highest BCUT2D eigenvalue weighted by molar-refractivity contribution is 7.90. The normalized spacial score (nSPS) is 22.2. The number of carbonyl (C=O) groups is 2. The van der Waals surface area contributed by atoms with Gasteiger partial charge in [-0.05, 0) is 42.7 Å². The second-order valence-corrected chi connectivity index (χ2v) is 11.7. The average Bonchev–Trinajstić information content (AvgIpc) is 3.49. The van der Waals surface area contributed by atoms with Crippen molar-refractivity contribution in [3.05, 3.63) is 83.6 Å². The van der Waals surface area contributed by atoms with Gasteiger partial charge in [0.1, 0.15) is 0 Å². The van der Waals surface area contributed by atoms with Crippen LogP contribution in [0.2, 0.25) is 0 Å². The Morgan fingerprint density at radius 3 is 2.40 bits per heavy atom. The summed E-state index contributed by atoms with van der Waals surface area (Å²) in [5.41, 5.74) is 2.53. The van der Waals surface area contributed by atoms with Gasteiger partial charge < -0.3 is 9.64 Å². The summed E-state index contributed by atoms with van der Waals surface area (Å²) in [6.07, 6.45) is 5.05. The fraction of sp³-hybridized carbons (Fsp3) is 0.296. The van der Waals surface area contributed by atoms with E-state index in [4.69, 9.17) is 4.74 Å². The van der Waals surface area contributed by atoms with Gasteiger partial charge >= 0.3 is 5.97 Å². The van der Waals surface area contributed by atoms with Crippen molar-refractivity contribution in [2.75, 3.05) is 19.3 Å². The van der Waals surface area contributed by atoms with Gasteiger partial charge in [-0.3, -0.25) is 9.78 Å². The maximum atomic E-state index is 13.7. The van der Waals surface area contributed by atoms with Gasteiger partial charge in [0.2, 0.25) is 5.91 Å². The zero-order valence-electron chi connectivity index (χ0n) is 19.2. The number of benzene rings is 2. The van der Waals surface area contributed by atoms with Crippen LogP contribution in [0.1, 0.15) is 40.7 Å². The van der Waals surface area contributed by atoms with Crippen molar-refractivity contribution in [3.63, 3.8) is 0 Å². The number of rotatable bonds is 4. The second-order valence-electron chi connectivity index (χ2n) is 9.72. The summed E-state index contributed by atoms with van der Waals surface area (Å²) < 4.78 is 29.2. The van der Waals surface area contributed by atoms with Crippen molar-refractivity contribution in [2.45, 2.75) is 35.2 Å². The standard InChI is InChI=1S/C27H24N2O5S/c1-35(32,33)20-9-6-18(7-10-20)23-11-8-19(16-28-23)26(12-13-26)25(31)29-15-14-27(17-29)22-5-3-2-4-21(22)24(30)34-27/h2-11,16H,12-15,17H2,1H3. The molecule has 178 valence electrons. The third-order valence-corrected chi connectivity index (χ3v) is 8.63. The Kier molecular flexibility index (Phi) is 4.70. The molecule has 7 nitrogen and oxygen atoms in total. The van der Waals surface area contributed by atoms with Gasteiger partial charge in [-0.2, -0.15) is 0 Å². The minimum absolute atomic E-state index is 0.0573. The lowest BCUT2D eigenvalue weighted by Gasteiger charge is -2.26. The third-order valence-electron chi connectivity index (χ3n) is 7.50. The van der Waals surface area contributed by atoms with E-state index in [2.05, 4.69) is 4.98 Å². The average molecular weight is 489 g/mol. The maximum absolute atomic E-state index is 13.7. The van der Waals surface area contributed by atoms with Gasteiger partial charge in [-0.25, -0.2) is 13.2 Å². The molecule has 8 heteroatoms. The van der Waals surface area contributed by atoms with Gasteiger partial charge in [-0.15, -0.1) is 0 Å². The van der Waals surface area contributed by atoms with E-state index in [-0.39, 0.29) is 16.8 Å². The van der Waals surface area contributed by atoms with Crippen LogP contribution in [-0.2, 0) is 30.4 Å². The van der Waals surface area contributed by atoms with Crippen molar-refractivity contribution < 1.29 is 22.7 Å². The zero-order chi connectivity index (χ0) is 24.4. The molecule has 2 fully saturated rings. The number of esters is 1. The molecule has 3 aliphatic rings. The molecule has 1 spiro atoms. The van der Waals surface area contributed by atoms with E-state index in [1.54, 1.807) is 36.5 Å². The van der Waals surface area contributed by atoms with Gasteiger partial charge in [-0.1, -0.05) is 36.4 Å². The number of hydrogen-bond acceptors (Lipinski definition) is 6. The molecular formula is C27H24N2O5S. The Labute approximate surface area is 203 Å². The van der Waals surface area contributed by atoms with E-state index in [0.717, 1.165) is 29.5 Å². The number of sulfone groups is 1. The summed E-state index contributed by atoms with van der Waals surface area (Å²) in [7, 11) is -3.26. The van der Waals surface area contributed by atoms with Crippen LogP contribution in [0.25, 0.3) is 11.3 Å². The minimum atomic E-state index is -3.26. The number of amides is 1. The highest BCUT2D eigenvalue weighted by Crippen LogP contribution is 2.52. The number of hydrogen-bond donors (Lipinski definition) is 0. The van der Waals surface area contributed by atoms with Crippen LogP contribution in [0.3, 0.4) is 0 Å². The lowest BCUT2D eigenvalue weighted by Crippen LogP contribution is -2.40. The maximum Gasteiger partial charge on any atom is 0.339 e. The number of fused-ring (bicyclic) bond motifs is 2. The van der Waals surface area contributed by atoms with E-state index in [1.165, 1.54) is 6.26 Å². The van der Waals surface area contributed by atoms with Crippen molar-refractivity contribution in [3.8, 4) is 11.3 Å². The first-order valence-corrected chi connectivity index (χ1v) is 13.5. The molecule has 0 bridgehead atoms. The Hall–Kier alpha value is -3.52. The largest absolute Gasteiger partial charge is 0.449 e.